The minimum Gasteiger partial charge on any atom is -0.384 e. The summed E-state index contributed by atoms with van der Waals surface area (Å²) in [6, 6.07) is 6.90. The first-order chi connectivity index (χ1) is 9.70. The Morgan fingerprint density at radius 3 is 2.95 bits per heavy atom. The van der Waals surface area contributed by atoms with Gasteiger partial charge in [-0.05, 0) is 19.1 Å². The van der Waals surface area contributed by atoms with Crippen LogP contribution in [0.5, 0.6) is 0 Å². The molecule has 0 atom stereocenters. The molecule has 0 saturated heterocycles. The van der Waals surface area contributed by atoms with Crippen LogP contribution in [0.1, 0.15) is 27.6 Å². The first kappa shape index (κ1) is 13.8. The number of carbonyl (C=O) groups is 1. The van der Waals surface area contributed by atoms with Gasteiger partial charge in [0.15, 0.2) is 5.82 Å². The topological polar surface area (TPSA) is 88.2 Å². The van der Waals surface area contributed by atoms with Crippen molar-refractivity contribution in [1.29, 1.82) is 0 Å². The molecule has 20 heavy (non-hydrogen) atoms. The highest BCUT2D eigenvalue weighted by molar-refractivity contribution is 5.96. The van der Waals surface area contributed by atoms with Gasteiger partial charge in [-0.2, -0.15) is 4.98 Å². The van der Waals surface area contributed by atoms with Crippen molar-refractivity contribution in [2.45, 2.75) is 13.5 Å². The number of nitrogens with zero attached hydrogens (tertiary/aromatic N) is 2. The maximum atomic E-state index is 12.1. The largest absolute Gasteiger partial charge is 0.384 e. The second kappa shape index (κ2) is 6.50. The van der Waals surface area contributed by atoms with E-state index in [2.05, 4.69) is 27.3 Å². The van der Waals surface area contributed by atoms with Crippen LogP contribution in [-0.4, -0.2) is 27.8 Å². The number of hydrogen-bond acceptors (Lipinski definition) is 5. The third kappa shape index (κ3) is 3.43. The summed E-state index contributed by atoms with van der Waals surface area (Å²) < 4.78 is 4.91. The normalized spacial score (nSPS) is 9.70. The van der Waals surface area contributed by atoms with E-state index in [1.54, 1.807) is 31.2 Å². The standard InChI is InChI=1S/C14H13N3O3/c1-10-16-13(20-17-10)9-15-14(19)12-7-3-2-5-11(12)6-4-8-18/h2-3,5,7,18H,8-9H2,1H3,(H,15,19). The molecule has 102 valence electrons. The zero-order chi connectivity index (χ0) is 14.4. The lowest BCUT2D eigenvalue weighted by molar-refractivity contribution is 0.0946. The van der Waals surface area contributed by atoms with Crippen molar-refractivity contribution in [3.8, 4) is 11.8 Å². The lowest BCUT2D eigenvalue weighted by Crippen LogP contribution is -2.23. The van der Waals surface area contributed by atoms with Gasteiger partial charge in [-0.25, -0.2) is 0 Å². The highest BCUT2D eigenvalue weighted by Crippen LogP contribution is 2.07. The van der Waals surface area contributed by atoms with Crippen LogP contribution in [0.25, 0.3) is 0 Å². The maximum Gasteiger partial charge on any atom is 0.252 e. The summed E-state index contributed by atoms with van der Waals surface area (Å²) in [6.07, 6.45) is 0. The number of benzene rings is 1. The van der Waals surface area contributed by atoms with Gasteiger partial charge in [0.2, 0.25) is 5.89 Å². The molecular formula is C14H13N3O3. The molecule has 1 amide bonds. The lowest BCUT2D eigenvalue weighted by atomic mass is 10.1. The van der Waals surface area contributed by atoms with Crippen LogP contribution in [0.15, 0.2) is 28.8 Å². The molecule has 1 aromatic heterocycles. The lowest BCUT2D eigenvalue weighted by Gasteiger charge is -2.04. The number of aliphatic hydroxyl groups excluding tert-OH is 1. The summed E-state index contributed by atoms with van der Waals surface area (Å²) in [6.45, 7) is 1.60. The molecule has 2 aromatic rings. The van der Waals surface area contributed by atoms with E-state index in [1.165, 1.54) is 0 Å². The van der Waals surface area contributed by atoms with Crippen molar-refractivity contribution in [3.05, 3.63) is 47.1 Å². The molecule has 1 aromatic carbocycles. The van der Waals surface area contributed by atoms with E-state index in [4.69, 9.17) is 9.63 Å². The van der Waals surface area contributed by atoms with Crippen LogP contribution in [-0.2, 0) is 6.54 Å². The monoisotopic (exact) mass is 271 g/mol. The van der Waals surface area contributed by atoms with Gasteiger partial charge >= 0.3 is 0 Å². The Balaban J connectivity index is 2.09. The maximum absolute atomic E-state index is 12.1. The summed E-state index contributed by atoms with van der Waals surface area (Å²) in [5, 5.41) is 15.0. The van der Waals surface area contributed by atoms with Crippen LogP contribution in [0.4, 0.5) is 0 Å². The highest BCUT2D eigenvalue weighted by Gasteiger charge is 2.11. The number of rotatable bonds is 3. The second-order valence-electron chi connectivity index (χ2n) is 3.92. The fourth-order valence-electron chi connectivity index (χ4n) is 1.59. The summed E-state index contributed by atoms with van der Waals surface area (Å²) in [7, 11) is 0. The molecule has 0 aliphatic carbocycles. The molecule has 0 spiro atoms. The minimum absolute atomic E-state index is 0.154. The summed E-state index contributed by atoms with van der Waals surface area (Å²) >= 11 is 0. The molecular weight excluding hydrogens is 258 g/mol. The van der Waals surface area contributed by atoms with E-state index >= 15 is 0 Å². The molecule has 0 saturated carbocycles. The Bertz CT molecular complexity index is 668. The number of amides is 1. The molecule has 0 aliphatic rings. The fourth-order valence-corrected chi connectivity index (χ4v) is 1.59. The van der Waals surface area contributed by atoms with Crippen LogP contribution in [0.2, 0.25) is 0 Å². The molecule has 0 unspecified atom stereocenters. The van der Waals surface area contributed by atoms with Crippen LogP contribution < -0.4 is 5.32 Å². The Hall–Kier alpha value is -2.65. The molecule has 0 fully saturated rings. The zero-order valence-corrected chi connectivity index (χ0v) is 10.9. The SMILES string of the molecule is Cc1noc(CNC(=O)c2ccccc2C#CCO)n1. The number of nitrogens with one attached hydrogen (secondary N) is 1. The second-order valence-corrected chi connectivity index (χ2v) is 3.92. The zero-order valence-electron chi connectivity index (χ0n) is 10.9. The molecule has 0 bridgehead atoms. The first-order valence-electron chi connectivity index (χ1n) is 5.97. The van der Waals surface area contributed by atoms with Crippen LogP contribution in [0.3, 0.4) is 0 Å². The van der Waals surface area contributed by atoms with Crippen molar-refractivity contribution in [2.24, 2.45) is 0 Å². The van der Waals surface area contributed by atoms with E-state index in [0.29, 0.717) is 22.8 Å². The van der Waals surface area contributed by atoms with Crippen molar-refractivity contribution >= 4 is 5.91 Å². The summed E-state index contributed by atoms with van der Waals surface area (Å²) in [5.74, 6) is 5.83. The number of aryl methyl sites for hydroxylation is 1. The molecule has 2 rings (SSSR count). The van der Waals surface area contributed by atoms with Gasteiger partial charge in [-0.15, -0.1) is 0 Å². The van der Waals surface area contributed by atoms with Crippen molar-refractivity contribution < 1.29 is 14.4 Å². The predicted octanol–water partition coefficient (Wildman–Crippen LogP) is 0.652. The molecule has 6 heteroatoms. The molecule has 2 N–H and O–H groups in total. The van der Waals surface area contributed by atoms with E-state index < -0.39 is 0 Å². The van der Waals surface area contributed by atoms with Crippen molar-refractivity contribution in [3.63, 3.8) is 0 Å². The number of carbonyl (C=O) groups excluding carboxylic acids is 1. The van der Waals surface area contributed by atoms with Gasteiger partial charge < -0.3 is 14.9 Å². The third-order valence-corrected chi connectivity index (χ3v) is 2.44. The van der Waals surface area contributed by atoms with Gasteiger partial charge in [0.25, 0.3) is 5.91 Å². The minimum atomic E-state index is -0.288. The van der Waals surface area contributed by atoms with Gasteiger partial charge in [0, 0.05) is 5.56 Å². The fraction of sp³-hybridized carbons (Fsp3) is 0.214. The van der Waals surface area contributed by atoms with Gasteiger partial charge in [-0.1, -0.05) is 29.1 Å². The predicted molar refractivity (Wildman–Crippen MR) is 70.6 cm³/mol. The Morgan fingerprint density at radius 2 is 2.25 bits per heavy atom. The average molecular weight is 271 g/mol. The summed E-state index contributed by atoms with van der Waals surface area (Å²) in [5.41, 5.74) is 0.991. The van der Waals surface area contributed by atoms with E-state index in [-0.39, 0.29) is 19.1 Å². The molecule has 0 aliphatic heterocycles. The van der Waals surface area contributed by atoms with Crippen LogP contribution >= 0.6 is 0 Å². The molecule has 6 nitrogen and oxygen atoms in total. The number of aliphatic hydroxyl groups is 1. The van der Waals surface area contributed by atoms with Crippen molar-refractivity contribution in [1.82, 2.24) is 15.5 Å². The number of hydrogen-bond donors (Lipinski definition) is 2. The Labute approximate surface area is 115 Å². The van der Waals surface area contributed by atoms with Gasteiger partial charge in [-0.3, -0.25) is 4.79 Å². The smallest absolute Gasteiger partial charge is 0.252 e. The average Bonchev–Trinajstić information content (AvgIpc) is 2.88. The summed E-state index contributed by atoms with van der Waals surface area (Å²) in [4.78, 5) is 16.1. The van der Waals surface area contributed by atoms with E-state index in [0.717, 1.165) is 0 Å². The van der Waals surface area contributed by atoms with Gasteiger partial charge in [0.05, 0.1) is 12.1 Å². The highest BCUT2D eigenvalue weighted by atomic mass is 16.5. The molecule has 0 radical (unpaired) electrons. The number of aromatic nitrogens is 2. The Kier molecular flexibility index (Phi) is 4.47. The van der Waals surface area contributed by atoms with Crippen LogP contribution in [0, 0.1) is 18.8 Å². The quantitative estimate of drug-likeness (QED) is 0.800. The molecule has 1 heterocycles. The first-order valence-corrected chi connectivity index (χ1v) is 5.97. The van der Waals surface area contributed by atoms with E-state index in [1.807, 2.05) is 0 Å². The van der Waals surface area contributed by atoms with Crippen molar-refractivity contribution in [2.75, 3.05) is 6.61 Å². The van der Waals surface area contributed by atoms with Gasteiger partial charge in [0.1, 0.15) is 6.61 Å². The Morgan fingerprint density at radius 1 is 1.45 bits per heavy atom. The van der Waals surface area contributed by atoms with E-state index in [9.17, 15) is 4.79 Å². The third-order valence-electron chi connectivity index (χ3n) is 2.44.